The lowest BCUT2D eigenvalue weighted by Crippen LogP contribution is -2.49. The first-order chi connectivity index (χ1) is 15.6. The molecule has 1 aliphatic heterocycles. The van der Waals surface area contributed by atoms with E-state index in [2.05, 4.69) is 5.10 Å². The highest BCUT2D eigenvalue weighted by Crippen LogP contribution is 2.36. The van der Waals surface area contributed by atoms with E-state index in [1.165, 1.54) is 18.2 Å². The first-order valence-electron chi connectivity index (χ1n) is 10.5. The Morgan fingerprint density at radius 3 is 2.55 bits per heavy atom. The third-order valence-corrected chi connectivity index (χ3v) is 6.13. The van der Waals surface area contributed by atoms with E-state index < -0.39 is 23.4 Å². The fourth-order valence-corrected chi connectivity index (χ4v) is 4.29. The number of carbonyl (C=O) groups excluding carboxylic acids is 2. The molecule has 2 amide bonds. The van der Waals surface area contributed by atoms with E-state index in [1.54, 1.807) is 23.4 Å². The van der Waals surface area contributed by atoms with Gasteiger partial charge in [-0.1, -0.05) is 41.9 Å². The Hall–Kier alpha value is -3.23. The number of aromatic nitrogens is 2. The van der Waals surface area contributed by atoms with Gasteiger partial charge in [-0.3, -0.25) is 14.3 Å². The van der Waals surface area contributed by atoms with Crippen LogP contribution in [0.1, 0.15) is 41.5 Å². The number of halogens is 2. The molecule has 0 saturated carbocycles. The number of carbonyl (C=O) groups is 2. The van der Waals surface area contributed by atoms with Crippen molar-refractivity contribution in [3.63, 3.8) is 0 Å². The molecule has 0 bridgehead atoms. The van der Waals surface area contributed by atoms with Gasteiger partial charge in [-0.2, -0.15) is 5.10 Å². The van der Waals surface area contributed by atoms with Crippen LogP contribution in [0, 0.1) is 5.82 Å². The van der Waals surface area contributed by atoms with Gasteiger partial charge in [-0.05, 0) is 37.6 Å². The standard InChI is InChI=1S/C24H24ClFN4O3/c1-24(2,33)19-13-29(20(31)10-14-6-4-3-5-7-14)12-18-21(23(27)32)22(28-30(18)19)15-8-9-17(26)16(25)11-15/h3-9,11,19,33H,10,12-13H2,1-2H3,(H2,27,32). The summed E-state index contributed by atoms with van der Waals surface area (Å²) in [5.41, 5.74) is 6.49. The zero-order chi connectivity index (χ0) is 23.9. The Bertz CT molecular complexity index is 1220. The Kier molecular flexibility index (Phi) is 5.99. The maximum Gasteiger partial charge on any atom is 0.252 e. The maximum absolute atomic E-state index is 13.7. The molecule has 0 radical (unpaired) electrons. The van der Waals surface area contributed by atoms with Crippen LogP contribution < -0.4 is 5.73 Å². The zero-order valence-electron chi connectivity index (χ0n) is 18.3. The number of rotatable bonds is 5. The Balaban J connectivity index is 1.80. The summed E-state index contributed by atoms with van der Waals surface area (Å²) < 4.78 is 15.3. The van der Waals surface area contributed by atoms with Crippen molar-refractivity contribution in [1.82, 2.24) is 14.7 Å². The lowest BCUT2D eigenvalue weighted by Gasteiger charge is -2.39. The molecule has 1 atom stereocenters. The summed E-state index contributed by atoms with van der Waals surface area (Å²) in [5.74, 6) is -1.49. The van der Waals surface area contributed by atoms with Crippen LogP contribution in [-0.4, -0.2) is 43.7 Å². The molecule has 4 rings (SSSR count). The van der Waals surface area contributed by atoms with Crippen LogP contribution in [0.15, 0.2) is 48.5 Å². The monoisotopic (exact) mass is 470 g/mol. The number of amides is 2. The van der Waals surface area contributed by atoms with E-state index in [0.717, 1.165) is 5.56 Å². The molecule has 0 aliphatic carbocycles. The van der Waals surface area contributed by atoms with Gasteiger partial charge in [-0.15, -0.1) is 0 Å². The molecule has 7 nitrogen and oxygen atoms in total. The molecular formula is C24H24ClFN4O3. The average molecular weight is 471 g/mol. The van der Waals surface area contributed by atoms with Crippen LogP contribution in [0.3, 0.4) is 0 Å². The van der Waals surface area contributed by atoms with E-state index in [9.17, 15) is 19.1 Å². The van der Waals surface area contributed by atoms with Crippen molar-refractivity contribution < 1.29 is 19.1 Å². The topological polar surface area (TPSA) is 101 Å². The molecule has 3 N–H and O–H groups in total. The molecule has 1 aliphatic rings. The van der Waals surface area contributed by atoms with Crippen LogP contribution >= 0.6 is 11.6 Å². The number of hydrogen-bond acceptors (Lipinski definition) is 4. The molecular weight excluding hydrogens is 447 g/mol. The maximum atomic E-state index is 13.7. The number of fused-ring (bicyclic) bond motifs is 1. The lowest BCUT2D eigenvalue weighted by atomic mass is 9.95. The van der Waals surface area contributed by atoms with Crippen molar-refractivity contribution in [3.05, 3.63) is 76.2 Å². The van der Waals surface area contributed by atoms with Crippen molar-refractivity contribution in [2.75, 3.05) is 6.54 Å². The molecule has 3 aromatic rings. The van der Waals surface area contributed by atoms with Gasteiger partial charge in [0.15, 0.2) is 0 Å². The minimum atomic E-state index is -1.26. The largest absolute Gasteiger partial charge is 0.388 e. The van der Waals surface area contributed by atoms with Gasteiger partial charge in [0.25, 0.3) is 5.91 Å². The highest BCUT2D eigenvalue weighted by molar-refractivity contribution is 6.31. The second-order valence-corrected chi connectivity index (χ2v) is 9.12. The van der Waals surface area contributed by atoms with Crippen molar-refractivity contribution >= 4 is 23.4 Å². The fraction of sp³-hybridized carbons (Fsp3) is 0.292. The molecule has 2 aromatic carbocycles. The van der Waals surface area contributed by atoms with Crippen molar-refractivity contribution in [3.8, 4) is 11.3 Å². The minimum Gasteiger partial charge on any atom is -0.388 e. The molecule has 0 spiro atoms. The van der Waals surface area contributed by atoms with E-state index in [4.69, 9.17) is 17.3 Å². The van der Waals surface area contributed by atoms with Gasteiger partial charge in [0, 0.05) is 12.1 Å². The Morgan fingerprint density at radius 1 is 1.24 bits per heavy atom. The number of primary amides is 1. The number of benzene rings is 2. The van der Waals surface area contributed by atoms with Gasteiger partial charge in [0.2, 0.25) is 5.91 Å². The number of nitrogens with two attached hydrogens (primary N) is 1. The van der Waals surface area contributed by atoms with Gasteiger partial charge in [-0.25, -0.2) is 4.39 Å². The molecule has 1 aromatic heterocycles. The molecule has 33 heavy (non-hydrogen) atoms. The SMILES string of the molecule is CC(C)(O)C1CN(C(=O)Cc2ccccc2)Cc2c(C(N)=O)c(-c3ccc(F)c(Cl)c3)nn21. The molecule has 9 heteroatoms. The smallest absolute Gasteiger partial charge is 0.252 e. The van der Waals surface area contributed by atoms with E-state index in [1.807, 2.05) is 30.3 Å². The first kappa shape index (κ1) is 22.9. The predicted octanol–water partition coefficient (Wildman–Crippen LogP) is 3.34. The van der Waals surface area contributed by atoms with Crippen LogP contribution in [0.5, 0.6) is 0 Å². The Labute approximate surface area is 195 Å². The van der Waals surface area contributed by atoms with Gasteiger partial charge < -0.3 is 15.7 Å². The lowest BCUT2D eigenvalue weighted by molar-refractivity contribution is -0.134. The highest BCUT2D eigenvalue weighted by atomic mass is 35.5. The fourth-order valence-electron chi connectivity index (χ4n) is 4.11. The molecule has 1 unspecified atom stereocenters. The van der Waals surface area contributed by atoms with Gasteiger partial charge in [0.1, 0.15) is 11.5 Å². The summed E-state index contributed by atoms with van der Waals surface area (Å²) in [4.78, 5) is 27.2. The minimum absolute atomic E-state index is 0.0957. The summed E-state index contributed by atoms with van der Waals surface area (Å²) in [6.45, 7) is 3.53. The average Bonchev–Trinajstić information content (AvgIpc) is 3.14. The van der Waals surface area contributed by atoms with Crippen molar-refractivity contribution in [1.29, 1.82) is 0 Å². The van der Waals surface area contributed by atoms with Crippen molar-refractivity contribution in [2.45, 2.75) is 38.5 Å². The van der Waals surface area contributed by atoms with Crippen LogP contribution in [0.25, 0.3) is 11.3 Å². The van der Waals surface area contributed by atoms with Crippen LogP contribution in [0.2, 0.25) is 5.02 Å². The quantitative estimate of drug-likeness (QED) is 0.597. The van der Waals surface area contributed by atoms with Gasteiger partial charge in [0.05, 0.1) is 40.9 Å². The first-order valence-corrected chi connectivity index (χ1v) is 10.8. The summed E-state index contributed by atoms with van der Waals surface area (Å²) in [6.07, 6.45) is 0.180. The molecule has 0 fully saturated rings. The third-order valence-electron chi connectivity index (χ3n) is 5.84. The summed E-state index contributed by atoms with van der Waals surface area (Å²) in [5, 5.41) is 15.3. The zero-order valence-corrected chi connectivity index (χ0v) is 19.0. The van der Waals surface area contributed by atoms with E-state index in [0.29, 0.717) is 11.3 Å². The highest BCUT2D eigenvalue weighted by Gasteiger charge is 2.40. The number of hydrogen-bond donors (Lipinski definition) is 2. The Morgan fingerprint density at radius 2 is 1.94 bits per heavy atom. The number of aliphatic hydroxyl groups is 1. The van der Waals surface area contributed by atoms with Crippen LogP contribution in [0.4, 0.5) is 4.39 Å². The second-order valence-electron chi connectivity index (χ2n) is 8.71. The van der Waals surface area contributed by atoms with Crippen LogP contribution in [-0.2, 0) is 17.8 Å². The van der Waals surface area contributed by atoms with E-state index >= 15 is 0 Å². The summed E-state index contributed by atoms with van der Waals surface area (Å²) in [6, 6.07) is 12.7. The van der Waals surface area contributed by atoms with Crippen molar-refractivity contribution in [2.24, 2.45) is 5.73 Å². The summed E-state index contributed by atoms with van der Waals surface area (Å²) >= 11 is 5.95. The molecule has 0 saturated heterocycles. The number of nitrogens with zero attached hydrogens (tertiary/aromatic N) is 3. The second kappa shape index (κ2) is 8.61. The molecule has 172 valence electrons. The van der Waals surface area contributed by atoms with Gasteiger partial charge >= 0.3 is 0 Å². The normalized spacial score (nSPS) is 15.9. The molecule has 2 heterocycles. The predicted molar refractivity (Wildman–Crippen MR) is 122 cm³/mol. The third kappa shape index (κ3) is 4.49. The van der Waals surface area contributed by atoms with E-state index in [-0.39, 0.29) is 41.7 Å². The summed E-state index contributed by atoms with van der Waals surface area (Å²) in [7, 11) is 0.